The van der Waals surface area contributed by atoms with Crippen molar-refractivity contribution in [2.75, 3.05) is 0 Å². The summed E-state index contributed by atoms with van der Waals surface area (Å²) in [6, 6.07) is 7.73. The Morgan fingerprint density at radius 1 is 1.18 bits per heavy atom. The van der Waals surface area contributed by atoms with Crippen LogP contribution in [0.3, 0.4) is 0 Å². The van der Waals surface area contributed by atoms with Gasteiger partial charge in [-0.05, 0) is 29.3 Å². The first-order valence-corrected chi connectivity index (χ1v) is 5.33. The molecule has 0 unspecified atom stereocenters. The first kappa shape index (κ1) is 11.5. The molecule has 0 amide bonds. The summed E-state index contributed by atoms with van der Waals surface area (Å²) in [5, 5.41) is 0. The molecule has 2 N–H and O–H groups in total. The molecule has 0 saturated heterocycles. The Kier molecular flexibility index (Phi) is 3.35. The third-order valence-corrected chi connectivity index (χ3v) is 2.55. The fourth-order valence-corrected chi connectivity index (χ4v) is 1.58. The number of benzene rings is 1. The number of carbonyl (C=O) groups is 1. The molecule has 1 aromatic heterocycles. The summed E-state index contributed by atoms with van der Waals surface area (Å²) in [5.41, 5.74) is 7.17. The smallest absolute Gasteiger partial charge is 0.234 e. The van der Waals surface area contributed by atoms with Crippen LogP contribution in [0.15, 0.2) is 42.7 Å². The van der Waals surface area contributed by atoms with E-state index >= 15 is 0 Å². The summed E-state index contributed by atoms with van der Waals surface area (Å²) in [6.07, 6.45) is 3.65. The van der Waals surface area contributed by atoms with Crippen LogP contribution in [-0.2, 0) is 13.0 Å². The summed E-state index contributed by atoms with van der Waals surface area (Å²) in [4.78, 5) is 11.9. The van der Waals surface area contributed by atoms with Crippen molar-refractivity contribution in [3.05, 3.63) is 59.7 Å². The van der Waals surface area contributed by atoms with Crippen molar-refractivity contribution >= 4 is 5.91 Å². The topological polar surface area (TPSA) is 48.0 Å². The fraction of sp³-hybridized carbons (Fsp3) is 0.154. The van der Waals surface area contributed by atoms with Crippen LogP contribution in [0.4, 0.5) is 4.39 Å². The average molecular weight is 232 g/mol. The first-order chi connectivity index (χ1) is 8.19. The lowest BCUT2D eigenvalue weighted by molar-refractivity contribution is 0.0914. The molecule has 0 spiro atoms. The lowest BCUT2D eigenvalue weighted by Crippen LogP contribution is -2.11. The van der Waals surface area contributed by atoms with Crippen LogP contribution in [0.1, 0.15) is 15.9 Å². The molecule has 0 saturated carbocycles. The van der Waals surface area contributed by atoms with Crippen LogP contribution in [0.2, 0.25) is 0 Å². The molecule has 2 aromatic rings. The van der Waals surface area contributed by atoms with Crippen LogP contribution in [-0.4, -0.2) is 10.5 Å². The van der Waals surface area contributed by atoms with Gasteiger partial charge in [-0.2, -0.15) is 0 Å². The summed E-state index contributed by atoms with van der Waals surface area (Å²) in [7, 11) is 0. The van der Waals surface area contributed by atoms with Gasteiger partial charge in [-0.15, -0.1) is 0 Å². The Bertz CT molecular complexity index is 516. The maximum atomic E-state index is 12.7. The monoisotopic (exact) mass is 232 g/mol. The third kappa shape index (κ3) is 2.79. The Morgan fingerprint density at radius 3 is 2.47 bits per heavy atom. The van der Waals surface area contributed by atoms with Crippen molar-refractivity contribution in [2.24, 2.45) is 5.73 Å². The molecule has 88 valence electrons. The molecule has 0 bridgehead atoms. The number of rotatable bonds is 3. The Hall–Kier alpha value is -1.94. The third-order valence-electron chi connectivity index (χ3n) is 2.55. The zero-order valence-electron chi connectivity index (χ0n) is 9.27. The van der Waals surface area contributed by atoms with Gasteiger partial charge in [0.25, 0.3) is 0 Å². The van der Waals surface area contributed by atoms with Gasteiger partial charge >= 0.3 is 0 Å². The number of nitrogens with two attached hydrogens (primary N) is 1. The maximum absolute atomic E-state index is 12.7. The average Bonchev–Trinajstić information content (AvgIpc) is 2.81. The summed E-state index contributed by atoms with van der Waals surface area (Å²) in [6.45, 7) is 0.414. The Morgan fingerprint density at radius 2 is 1.88 bits per heavy atom. The number of hydrogen-bond acceptors (Lipinski definition) is 2. The molecule has 0 aliphatic rings. The lowest BCUT2D eigenvalue weighted by atomic mass is 10.1. The van der Waals surface area contributed by atoms with Crippen LogP contribution >= 0.6 is 0 Å². The second kappa shape index (κ2) is 4.93. The van der Waals surface area contributed by atoms with E-state index in [4.69, 9.17) is 5.73 Å². The van der Waals surface area contributed by atoms with Gasteiger partial charge in [0, 0.05) is 18.9 Å². The van der Waals surface area contributed by atoms with E-state index in [1.54, 1.807) is 24.5 Å². The number of halogens is 1. The van der Waals surface area contributed by atoms with E-state index in [1.165, 1.54) is 16.7 Å². The molecular weight excluding hydrogens is 219 g/mol. The molecule has 1 aromatic carbocycles. The minimum absolute atomic E-state index is 0.0590. The van der Waals surface area contributed by atoms with Gasteiger partial charge in [0.2, 0.25) is 5.91 Å². The van der Waals surface area contributed by atoms with Crippen LogP contribution in [0.5, 0.6) is 0 Å². The summed E-state index contributed by atoms with van der Waals surface area (Å²) < 4.78 is 14.2. The predicted octanol–water partition coefficient (Wildman–Crippen LogP) is 1.97. The quantitative estimate of drug-likeness (QED) is 0.879. The van der Waals surface area contributed by atoms with E-state index in [9.17, 15) is 9.18 Å². The Balaban J connectivity index is 2.08. The standard InChI is InChI=1S/C13H13FN2O/c14-12-3-1-10(2-4-12)7-13(17)16-6-5-11(8-15)9-16/h1-6,9H,7-8,15H2. The fourth-order valence-electron chi connectivity index (χ4n) is 1.58. The van der Waals surface area contributed by atoms with E-state index in [0.29, 0.717) is 6.54 Å². The number of carbonyl (C=O) groups excluding carboxylic acids is 1. The van der Waals surface area contributed by atoms with E-state index in [0.717, 1.165) is 11.1 Å². The molecule has 4 heteroatoms. The SMILES string of the molecule is NCc1ccn(C(=O)Cc2ccc(F)cc2)c1. The van der Waals surface area contributed by atoms with E-state index in [-0.39, 0.29) is 18.1 Å². The highest BCUT2D eigenvalue weighted by Gasteiger charge is 2.06. The molecule has 0 radical (unpaired) electrons. The van der Waals surface area contributed by atoms with Gasteiger partial charge in [-0.1, -0.05) is 12.1 Å². The van der Waals surface area contributed by atoms with Crippen molar-refractivity contribution in [2.45, 2.75) is 13.0 Å². The molecule has 0 aliphatic heterocycles. The van der Waals surface area contributed by atoms with E-state index in [1.807, 2.05) is 6.07 Å². The van der Waals surface area contributed by atoms with E-state index in [2.05, 4.69) is 0 Å². The van der Waals surface area contributed by atoms with Gasteiger partial charge in [-0.3, -0.25) is 9.36 Å². The van der Waals surface area contributed by atoms with Gasteiger partial charge < -0.3 is 5.73 Å². The van der Waals surface area contributed by atoms with Crippen LogP contribution < -0.4 is 5.73 Å². The molecule has 0 aliphatic carbocycles. The van der Waals surface area contributed by atoms with E-state index < -0.39 is 0 Å². The number of aromatic nitrogens is 1. The van der Waals surface area contributed by atoms with Crippen molar-refractivity contribution < 1.29 is 9.18 Å². The van der Waals surface area contributed by atoms with Crippen molar-refractivity contribution in [1.29, 1.82) is 0 Å². The molecular formula is C13H13FN2O. The van der Waals surface area contributed by atoms with Crippen LogP contribution in [0.25, 0.3) is 0 Å². The Labute approximate surface area is 98.7 Å². The summed E-state index contributed by atoms with van der Waals surface area (Å²) >= 11 is 0. The lowest BCUT2D eigenvalue weighted by Gasteiger charge is -2.02. The predicted molar refractivity (Wildman–Crippen MR) is 63.1 cm³/mol. The minimum atomic E-state index is -0.299. The second-order valence-electron chi connectivity index (χ2n) is 3.83. The van der Waals surface area contributed by atoms with Gasteiger partial charge in [0.1, 0.15) is 5.82 Å². The highest BCUT2D eigenvalue weighted by molar-refractivity contribution is 5.81. The highest BCUT2D eigenvalue weighted by atomic mass is 19.1. The maximum Gasteiger partial charge on any atom is 0.234 e. The van der Waals surface area contributed by atoms with Crippen molar-refractivity contribution in [1.82, 2.24) is 4.57 Å². The number of nitrogens with zero attached hydrogens (tertiary/aromatic N) is 1. The molecule has 0 atom stereocenters. The first-order valence-electron chi connectivity index (χ1n) is 5.33. The zero-order chi connectivity index (χ0) is 12.3. The zero-order valence-corrected chi connectivity index (χ0v) is 9.27. The van der Waals surface area contributed by atoms with Crippen molar-refractivity contribution in [3.8, 4) is 0 Å². The second-order valence-corrected chi connectivity index (χ2v) is 3.83. The molecule has 3 nitrogen and oxygen atoms in total. The van der Waals surface area contributed by atoms with Gasteiger partial charge in [0.05, 0.1) is 6.42 Å². The normalized spacial score (nSPS) is 10.5. The van der Waals surface area contributed by atoms with Crippen LogP contribution in [0, 0.1) is 5.82 Å². The minimum Gasteiger partial charge on any atom is -0.326 e. The molecule has 0 fully saturated rings. The highest BCUT2D eigenvalue weighted by Crippen LogP contribution is 2.06. The van der Waals surface area contributed by atoms with Crippen molar-refractivity contribution in [3.63, 3.8) is 0 Å². The van der Waals surface area contributed by atoms with Gasteiger partial charge in [-0.25, -0.2) is 4.39 Å². The molecule has 2 rings (SSSR count). The summed E-state index contributed by atoms with van der Waals surface area (Å²) in [5.74, 6) is -0.358. The molecule has 17 heavy (non-hydrogen) atoms. The molecule has 1 heterocycles. The van der Waals surface area contributed by atoms with Gasteiger partial charge in [0.15, 0.2) is 0 Å². The number of hydrogen-bond donors (Lipinski definition) is 1. The largest absolute Gasteiger partial charge is 0.326 e.